The highest BCUT2D eigenvalue weighted by Crippen LogP contribution is 2.14. The monoisotopic (exact) mass is 148 g/mol. The van der Waals surface area contributed by atoms with Crippen molar-refractivity contribution < 1.29 is 0 Å². The zero-order valence-corrected chi connectivity index (χ0v) is 6.94. The Hall–Kier alpha value is -1.23. The Morgan fingerprint density at radius 2 is 2.18 bits per heavy atom. The Morgan fingerprint density at radius 3 is 2.64 bits per heavy atom. The maximum absolute atomic E-state index is 8.68. The lowest BCUT2D eigenvalue weighted by Crippen LogP contribution is -1.87. The molecule has 0 fully saturated rings. The molecular weight excluding hydrogens is 136 g/mol. The Balaban J connectivity index is 3.12. The number of rotatable bonds is 2. The van der Waals surface area contributed by atoms with E-state index < -0.39 is 0 Å². The molecule has 1 rings (SSSR count). The summed E-state index contributed by atoms with van der Waals surface area (Å²) in [7, 11) is 0. The molecule has 0 aliphatic carbocycles. The predicted octanol–water partition coefficient (Wildman–Crippen LogP) is 2.01. The number of hydrogen-bond acceptors (Lipinski definition) is 1. The van der Waals surface area contributed by atoms with E-state index in [4.69, 9.17) is 5.26 Å². The van der Waals surface area contributed by atoms with Crippen LogP contribution in [0.25, 0.3) is 0 Å². The fraction of sp³-hybridized carbons (Fsp3) is 0.444. The highest BCUT2D eigenvalue weighted by Gasteiger charge is 2.05. The summed E-state index contributed by atoms with van der Waals surface area (Å²) in [6.07, 6.45) is 3.87. The summed E-state index contributed by atoms with van der Waals surface area (Å²) in [5, 5.41) is 8.68. The van der Waals surface area contributed by atoms with E-state index in [0.29, 0.717) is 0 Å². The second-order valence-corrected chi connectivity index (χ2v) is 2.49. The van der Waals surface area contributed by atoms with E-state index in [9.17, 15) is 0 Å². The summed E-state index contributed by atoms with van der Waals surface area (Å²) in [6, 6.07) is 2.15. The molecule has 1 N–H and O–H groups in total. The van der Waals surface area contributed by atoms with Crippen LogP contribution < -0.4 is 0 Å². The molecule has 1 heterocycles. The maximum atomic E-state index is 8.68. The first kappa shape index (κ1) is 7.87. The van der Waals surface area contributed by atoms with Gasteiger partial charge in [-0.2, -0.15) is 5.26 Å². The van der Waals surface area contributed by atoms with E-state index in [-0.39, 0.29) is 0 Å². The smallest absolute Gasteiger partial charge is 0.121 e. The molecule has 0 bridgehead atoms. The summed E-state index contributed by atoms with van der Waals surface area (Å²) in [4.78, 5) is 2.96. The minimum absolute atomic E-state index is 0.726. The Morgan fingerprint density at radius 1 is 1.45 bits per heavy atom. The minimum atomic E-state index is 0.726. The number of aromatic nitrogens is 1. The van der Waals surface area contributed by atoms with Gasteiger partial charge in [-0.25, -0.2) is 0 Å². The van der Waals surface area contributed by atoms with Crippen molar-refractivity contribution in [3.05, 3.63) is 23.0 Å². The van der Waals surface area contributed by atoms with Crippen molar-refractivity contribution in [1.29, 1.82) is 5.26 Å². The summed E-state index contributed by atoms with van der Waals surface area (Å²) in [5.74, 6) is 0. The standard InChI is InChI=1S/C9H12N2/c1-3-7-6-11-9(5-10)8(7)4-2/h6,11H,3-4H2,1-2H3. The second-order valence-electron chi connectivity index (χ2n) is 2.49. The number of aryl methyl sites for hydroxylation is 1. The third-order valence-corrected chi connectivity index (χ3v) is 1.93. The topological polar surface area (TPSA) is 39.6 Å². The molecule has 0 aliphatic heterocycles. The van der Waals surface area contributed by atoms with Gasteiger partial charge in [-0.3, -0.25) is 0 Å². The van der Waals surface area contributed by atoms with Crippen molar-refractivity contribution in [3.8, 4) is 6.07 Å². The highest BCUT2D eigenvalue weighted by molar-refractivity contribution is 5.38. The van der Waals surface area contributed by atoms with Crippen LogP contribution in [0.3, 0.4) is 0 Å². The SMILES string of the molecule is CCc1c[nH]c(C#N)c1CC. The average molecular weight is 148 g/mol. The van der Waals surface area contributed by atoms with Crippen molar-refractivity contribution >= 4 is 0 Å². The van der Waals surface area contributed by atoms with Crippen LogP contribution in [0.15, 0.2) is 6.20 Å². The summed E-state index contributed by atoms with van der Waals surface area (Å²) in [5.41, 5.74) is 3.17. The Bertz CT molecular complexity index is 278. The number of nitrogens with one attached hydrogen (secondary N) is 1. The van der Waals surface area contributed by atoms with Gasteiger partial charge in [0.15, 0.2) is 0 Å². The maximum Gasteiger partial charge on any atom is 0.121 e. The van der Waals surface area contributed by atoms with E-state index in [1.807, 2.05) is 6.20 Å². The predicted molar refractivity (Wildman–Crippen MR) is 44.3 cm³/mol. The Kier molecular flexibility index (Phi) is 2.32. The fourth-order valence-electron chi connectivity index (χ4n) is 1.31. The van der Waals surface area contributed by atoms with Gasteiger partial charge in [0, 0.05) is 6.20 Å². The number of H-pyrrole nitrogens is 1. The van der Waals surface area contributed by atoms with Crippen molar-refractivity contribution in [2.75, 3.05) is 0 Å². The third kappa shape index (κ3) is 1.27. The van der Waals surface area contributed by atoms with E-state index in [2.05, 4.69) is 24.9 Å². The van der Waals surface area contributed by atoms with Gasteiger partial charge < -0.3 is 4.98 Å². The Labute approximate surface area is 66.9 Å². The van der Waals surface area contributed by atoms with Crippen LogP contribution in [-0.4, -0.2) is 4.98 Å². The molecule has 0 radical (unpaired) electrons. The zero-order chi connectivity index (χ0) is 8.27. The van der Waals surface area contributed by atoms with Crippen molar-refractivity contribution in [3.63, 3.8) is 0 Å². The van der Waals surface area contributed by atoms with Gasteiger partial charge in [0.1, 0.15) is 11.8 Å². The van der Waals surface area contributed by atoms with Crippen LogP contribution in [0, 0.1) is 11.3 Å². The van der Waals surface area contributed by atoms with Gasteiger partial charge in [-0.05, 0) is 24.0 Å². The van der Waals surface area contributed by atoms with E-state index in [1.54, 1.807) is 0 Å². The molecule has 0 saturated carbocycles. The van der Waals surface area contributed by atoms with Gasteiger partial charge in [0.2, 0.25) is 0 Å². The van der Waals surface area contributed by atoms with Crippen LogP contribution >= 0.6 is 0 Å². The zero-order valence-electron chi connectivity index (χ0n) is 6.94. The molecule has 58 valence electrons. The highest BCUT2D eigenvalue weighted by atomic mass is 14.7. The fourth-order valence-corrected chi connectivity index (χ4v) is 1.31. The van der Waals surface area contributed by atoms with Gasteiger partial charge in [0.25, 0.3) is 0 Å². The summed E-state index contributed by atoms with van der Waals surface area (Å²) >= 11 is 0. The normalized spacial score (nSPS) is 9.55. The average Bonchev–Trinajstić information content (AvgIpc) is 2.45. The van der Waals surface area contributed by atoms with Gasteiger partial charge in [-0.1, -0.05) is 13.8 Å². The molecule has 1 aromatic rings. The van der Waals surface area contributed by atoms with Gasteiger partial charge in [0.05, 0.1) is 0 Å². The summed E-state index contributed by atoms with van der Waals surface area (Å²) in [6.45, 7) is 4.17. The summed E-state index contributed by atoms with van der Waals surface area (Å²) < 4.78 is 0. The first-order valence-corrected chi connectivity index (χ1v) is 3.92. The molecule has 2 heteroatoms. The molecule has 0 aliphatic rings. The van der Waals surface area contributed by atoms with Gasteiger partial charge in [-0.15, -0.1) is 0 Å². The van der Waals surface area contributed by atoms with Gasteiger partial charge >= 0.3 is 0 Å². The first-order valence-electron chi connectivity index (χ1n) is 3.92. The van der Waals surface area contributed by atoms with Crippen LogP contribution in [-0.2, 0) is 12.8 Å². The minimum Gasteiger partial charge on any atom is -0.353 e. The molecule has 0 aromatic carbocycles. The first-order chi connectivity index (χ1) is 5.33. The molecule has 0 unspecified atom stereocenters. The van der Waals surface area contributed by atoms with E-state index in [1.165, 1.54) is 11.1 Å². The molecule has 11 heavy (non-hydrogen) atoms. The molecule has 0 spiro atoms. The quantitative estimate of drug-likeness (QED) is 0.684. The lowest BCUT2D eigenvalue weighted by molar-refractivity contribution is 1.05. The van der Waals surface area contributed by atoms with Crippen LogP contribution in [0.2, 0.25) is 0 Å². The number of nitrogens with zero attached hydrogens (tertiary/aromatic N) is 1. The van der Waals surface area contributed by atoms with E-state index >= 15 is 0 Å². The molecule has 0 amide bonds. The van der Waals surface area contributed by atoms with Crippen molar-refractivity contribution in [1.82, 2.24) is 4.98 Å². The molecule has 1 aromatic heterocycles. The number of nitriles is 1. The molecule has 0 atom stereocenters. The second kappa shape index (κ2) is 3.25. The number of hydrogen-bond donors (Lipinski definition) is 1. The van der Waals surface area contributed by atoms with Crippen LogP contribution in [0.1, 0.15) is 30.7 Å². The molecular formula is C9H12N2. The largest absolute Gasteiger partial charge is 0.353 e. The molecule has 2 nitrogen and oxygen atoms in total. The van der Waals surface area contributed by atoms with Crippen molar-refractivity contribution in [2.45, 2.75) is 26.7 Å². The van der Waals surface area contributed by atoms with Crippen LogP contribution in [0.5, 0.6) is 0 Å². The number of aromatic amines is 1. The van der Waals surface area contributed by atoms with Crippen molar-refractivity contribution in [2.24, 2.45) is 0 Å². The molecule has 0 saturated heterocycles. The van der Waals surface area contributed by atoms with E-state index in [0.717, 1.165) is 18.5 Å². The third-order valence-electron chi connectivity index (χ3n) is 1.93. The van der Waals surface area contributed by atoms with Crippen LogP contribution in [0.4, 0.5) is 0 Å². The lowest BCUT2D eigenvalue weighted by atomic mass is 10.1. The lowest BCUT2D eigenvalue weighted by Gasteiger charge is -1.95.